The summed E-state index contributed by atoms with van der Waals surface area (Å²) in [4.78, 5) is 0. The molecule has 16 heteroatoms. The summed E-state index contributed by atoms with van der Waals surface area (Å²) in [5.41, 5.74) is 0. The highest BCUT2D eigenvalue weighted by molar-refractivity contribution is 4.92. The third-order valence-electron chi connectivity index (χ3n) is 6.05. The van der Waals surface area contributed by atoms with Gasteiger partial charge in [0.25, 0.3) is 0 Å². The van der Waals surface area contributed by atoms with Gasteiger partial charge in [-0.3, -0.25) is 0 Å². The molecule has 200 valence electrons. The summed E-state index contributed by atoms with van der Waals surface area (Å²) >= 11 is 0. The summed E-state index contributed by atoms with van der Waals surface area (Å²) in [7, 11) is 0. The third-order valence-corrected chi connectivity index (χ3v) is 6.05. The molecule has 0 amide bonds. The molecule has 16 nitrogen and oxygen atoms in total. The van der Waals surface area contributed by atoms with Gasteiger partial charge in [-0.15, -0.1) is 0 Å². The minimum Gasteiger partial charge on any atom is -0.394 e. The number of aliphatic hydroxyl groups is 11. The molecule has 0 aromatic heterocycles. The van der Waals surface area contributed by atoms with Gasteiger partial charge in [0.2, 0.25) is 0 Å². The van der Waals surface area contributed by atoms with Gasteiger partial charge in [-0.1, -0.05) is 0 Å². The fourth-order valence-corrected chi connectivity index (χ4v) is 3.84. The average Bonchev–Trinajstić information content (AvgIpc) is 2.82. The van der Waals surface area contributed by atoms with Crippen molar-refractivity contribution in [2.45, 2.75) is 92.1 Å². The topological polar surface area (TPSA) is 269 Å². The van der Waals surface area contributed by atoms with Crippen LogP contribution in [0.2, 0.25) is 0 Å². The van der Waals surface area contributed by atoms with Crippen molar-refractivity contribution < 1.29 is 79.9 Å². The van der Waals surface area contributed by atoms with Gasteiger partial charge in [0.05, 0.1) is 19.8 Å². The van der Waals surface area contributed by atoms with E-state index < -0.39 is 112 Å². The molecule has 3 fully saturated rings. The summed E-state index contributed by atoms with van der Waals surface area (Å²) in [5.74, 6) is 0. The minimum absolute atomic E-state index is 0.570. The SMILES string of the molecule is OC[C@H]1O[C@@H](OC[C@H]2O[C@H](OC[C@H]3O[C@@H](O)[C@H](O)[C@@H](O)[C@H]3O)[C@H](O)[C@@H](O)[C@H]2O)[C@H](O)[C@@H](O)[C@H]1O. The van der Waals surface area contributed by atoms with Gasteiger partial charge in [0.15, 0.2) is 18.9 Å². The molecule has 0 bridgehead atoms. The van der Waals surface area contributed by atoms with Gasteiger partial charge < -0.3 is 79.9 Å². The van der Waals surface area contributed by atoms with Crippen LogP contribution >= 0.6 is 0 Å². The van der Waals surface area contributed by atoms with E-state index in [0.29, 0.717) is 0 Å². The first-order valence-electron chi connectivity index (χ1n) is 10.6. The van der Waals surface area contributed by atoms with Crippen LogP contribution in [-0.2, 0) is 23.7 Å². The second kappa shape index (κ2) is 11.6. The van der Waals surface area contributed by atoms with Crippen LogP contribution < -0.4 is 0 Å². The first-order valence-corrected chi connectivity index (χ1v) is 10.6. The molecule has 0 aromatic carbocycles. The monoisotopic (exact) mass is 504 g/mol. The van der Waals surface area contributed by atoms with E-state index in [2.05, 4.69) is 0 Å². The Morgan fingerprint density at radius 3 is 1.29 bits per heavy atom. The quantitative estimate of drug-likeness (QED) is 0.154. The third kappa shape index (κ3) is 5.68. The second-order valence-corrected chi connectivity index (χ2v) is 8.42. The molecule has 0 saturated carbocycles. The van der Waals surface area contributed by atoms with Crippen LogP contribution in [0.5, 0.6) is 0 Å². The maximum absolute atomic E-state index is 10.2. The molecule has 15 atom stereocenters. The van der Waals surface area contributed by atoms with Crippen molar-refractivity contribution in [3.63, 3.8) is 0 Å². The maximum Gasteiger partial charge on any atom is 0.186 e. The smallest absolute Gasteiger partial charge is 0.186 e. The molecule has 34 heavy (non-hydrogen) atoms. The molecule has 0 aliphatic carbocycles. The van der Waals surface area contributed by atoms with Crippen molar-refractivity contribution in [1.29, 1.82) is 0 Å². The van der Waals surface area contributed by atoms with Crippen molar-refractivity contribution >= 4 is 0 Å². The van der Waals surface area contributed by atoms with Gasteiger partial charge in [0, 0.05) is 0 Å². The van der Waals surface area contributed by atoms with E-state index >= 15 is 0 Å². The largest absolute Gasteiger partial charge is 0.394 e. The van der Waals surface area contributed by atoms with E-state index in [1.54, 1.807) is 0 Å². The van der Waals surface area contributed by atoms with Gasteiger partial charge in [-0.25, -0.2) is 0 Å². The summed E-state index contributed by atoms with van der Waals surface area (Å²) < 4.78 is 26.1. The lowest BCUT2D eigenvalue weighted by atomic mass is 9.98. The Bertz CT molecular complexity index is 639. The van der Waals surface area contributed by atoms with Crippen LogP contribution in [0.25, 0.3) is 0 Å². The van der Waals surface area contributed by atoms with Crippen molar-refractivity contribution in [2.24, 2.45) is 0 Å². The van der Waals surface area contributed by atoms with Gasteiger partial charge in [-0.05, 0) is 0 Å². The lowest BCUT2D eigenvalue weighted by Gasteiger charge is -2.43. The number of rotatable bonds is 7. The molecular formula is C18H32O16. The molecule has 11 N–H and O–H groups in total. The Morgan fingerprint density at radius 2 is 0.824 bits per heavy atom. The summed E-state index contributed by atoms with van der Waals surface area (Å²) in [6, 6.07) is 0. The molecule has 3 heterocycles. The van der Waals surface area contributed by atoms with Crippen LogP contribution in [0, 0.1) is 0 Å². The van der Waals surface area contributed by atoms with Gasteiger partial charge >= 0.3 is 0 Å². The minimum atomic E-state index is -1.82. The number of hydrogen-bond donors (Lipinski definition) is 11. The lowest BCUT2D eigenvalue weighted by molar-refractivity contribution is -0.340. The number of aliphatic hydroxyl groups excluding tert-OH is 11. The molecule has 0 spiro atoms. The zero-order valence-corrected chi connectivity index (χ0v) is 17.7. The van der Waals surface area contributed by atoms with Gasteiger partial charge in [0.1, 0.15) is 73.2 Å². The van der Waals surface area contributed by atoms with Crippen molar-refractivity contribution in [2.75, 3.05) is 19.8 Å². The normalized spacial score (nSPS) is 52.5. The van der Waals surface area contributed by atoms with E-state index in [1.807, 2.05) is 0 Å². The van der Waals surface area contributed by atoms with E-state index in [1.165, 1.54) is 0 Å². The van der Waals surface area contributed by atoms with Crippen LogP contribution in [0.3, 0.4) is 0 Å². The fourth-order valence-electron chi connectivity index (χ4n) is 3.84. The second-order valence-electron chi connectivity index (χ2n) is 8.42. The fraction of sp³-hybridized carbons (Fsp3) is 1.00. The highest BCUT2D eigenvalue weighted by Crippen LogP contribution is 2.27. The average molecular weight is 504 g/mol. The molecular weight excluding hydrogens is 472 g/mol. The van der Waals surface area contributed by atoms with Crippen LogP contribution in [0.1, 0.15) is 0 Å². The van der Waals surface area contributed by atoms with E-state index in [-0.39, 0.29) is 0 Å². The highest BCUT2D eigenvalue weighted by atomic mass is 16.7. The molecule has 0 radical (unpaired) electrons. The summed E-state index contributed by atoms with van der Waals surface area (Å²) in [6.45, 7) is -1.84. The standard InChI is InChI=1S/C18H32O16/c19-1-4-7(20)11(24)14(27)17(33-4)31-3-6-9(22)12(25)15(28)18(34-6)30-2-5-8(21)10(23)13(26)16(29)32-5/h4-29H,1-3H2/t4-,5-,6-,7+,8+,9+,10+,11+,12+,13-,14-,15-,16-,17-,18+/m1/s1. The van der Waals surface area contributed by atoms with Gasteiger partial charge in [-0.2, -0.15) is 0 Å². The maximum atomic E-state index is 10.2. The Kier molecular flexibility index (Phi) is 9.54. The molecule has 3 aliphatic rings. The van der Waals surface area contributed by atoms with E-state index in [4.69, 9.17) is 23.7 Å². The number of ether oxygens (including phenoxy) is 5. The van der Waals surface area contributed by atoms with Crippen molar-refractivity contribution in [1.82, 2.24) is 0 Å². The first kappa shape index (κ1) is 27.9. The zero-order valence-electron chi connectivity index (χ0n) is 17.7. The molecule has 3 aliphatic heterocycles. The molecule has 3 saturated heterocycles. The Balaban J connectivity index is 1.58. The summed E-state index contributed by atoms with van der Waals surface area (Å²) in [5, 5.41) is 108. The van der Waals surface area contributed by atoms with Crippen LogP contribution in [0.4, 0.5) is 0 Å². The highest BCUT2D eigenvalue weighted by Gasteiger charge is 2.48. The molecule has 3 rings (SSSR count). The van der Waals surface area contributed by atoms with Crippen LogP contribution in [-0.4, -0.2) is 168 Å². The first-order chi connectivity index (χ1) is 16.0. The number of hydrogen-bond acceptors (Lipinski definition) is 16. The Labute approximate surface area is 192 Å². The predicted octanol–water partition coefficient (Wildman–Crippen LogP) is -7.57. The van der Waals surface area contributed by atoms with Crippen LogP contribution in [0.15, 0.2) is 0 Å². The Hall–Kier alpha value is -0.640. The predicted molar refractivity (Wildman–Crippen MR) is 101 cm³/mol. The van der Waals surface area contributed by atoms with Crippen molar-refractivity contribution in [3.05, 3.63) is 0 Å². The van der Waals surface area contributed by atoms with E-state index in [0.717, 1.165) is 0 Å². The molecule has 0 aromatic rings. The van der Waals surface area contributed by atoms with E-state index in [9.17, 15) is 56.2 Å². The Morgan fingerprint density at radius 1 is 0.441 bits per heavy atom. The lowest BCUT2D eigenvalue weighted by Crippen LogP contribution is -2.62. The zero-order chi connectivity index (χ0) is 25.3. The van der Waals surface area contributed by atoms with Crippen molar-refractivity contribution in [3.8, 4) is 0 Å². The molecule has 0 unspecified atom stereocenters. The summed E-state index contributed by atoms with van der Waals surface area (Å²) in [6.07, 6.45) is -24.4.